The molecule has 1 saturated carbocycles. The molecule has 1 saturated heterocycles. The van der Waals surface area contributed by atoms with Crippen LogP contribution in [0.15, 0.2) is 24.3 Å². The highest BCUT2D eigenvalue weighted by Gasteiger charge is 2.47. The van der Waals surface area contributed by atoms with Crippen LogP contribution in [-0.4, -0.2) is 26.1 Å². The first-order valence-corrected chi connectivity index (χ1v) is 6.98. The van der Waals surface area contributed by atoms with Gasteiger partial charge in [-0.3, -0.25) is 4.79 Å². The summed E-state index contributed by atoms with van der Waals surface area (Å²) in [6.45, 7) is 1.58. The fourth-order valence-electron chi connectivity index (χ4n) is 3.38. The van der Waals surface area contributed by atoms with Crippen molar-refractivity contribution in [3.05, 3.63) is 29.8 Å². The Bertz CT molecular complexity index is 449. The van der Waals surface area contributed by atoms with Crippen molar-refractivity contribution in [2.24, 2.45) is 5.92 Å². The number of hydrogen-bond donors (Lipinski definition) is 0. The van der Waals surface area contributed by atoms with Crippen LogP contribution in [0, 0.1) is 5.92 Å². The zero-order valence-corrected chi connectivity index (χ0v) is 11.4. The van der Waals surface area contributed by atoms with E-state index in [9.17, 15) is 4.79 Å². The Kier molecular flexibility index (Phi) is 3.31. The van der Waals surface area contributed by atoms with Gasteiger partial charge in [0.05, 0.1) is 20.3 Å². The highest BCUT2D eigenvalue weighted by atomic mass is 16.5. The monoisotopic (exact) mass is 260 g/mol. The van der Waals surface area contributed by atoms with E-state index in [0.717, 1.165) is 44.6 Å². The predicted octanol–water partition coefficient (Wildman–Crippen LogP) is 2.72. The molecule has 1 heterocycles. The normalized spacial score (nSPS) is 22.9. The van der Waals surface area contributed by atoms with E-state index in [1.807, 2.05) is 12.1 Å². The molecule has 0 bridgehead atoms. The van der Waals surface area contributed by atoms with Crippen molar-refractivity contribution in [3.8, 4) is 5.75 Å². The summed E-state index contributed by atoms with van der Waals surface area (Å²) in [7, 11) is 1.68. The molecular formula is C16H20O3. The summed E-state index contributed by atoms with van der Waals surface area (Å²) in [6, 6.07) is 8.34. The smallest absolute Gasteiger partial charge is 0.132 e. The Morgan fingerprint density at radius 1 is 1.16 bits per heavy atom. The second-order valence-corrected chi connectivity index (χ2v) is 5.69. The van der Waals surface area contributed by atoms with Gasteiger partial charge in [-0.2, -0.15) is 0 Å². The summed E-state index contributed by atoms with van der Waals surface area (Å²) in [6.07, 6.45) is 3.49. The van der Waals surface area contributed by atoms with Crippen molar-refractivity contribution in [1.29, 1.82) is 0 Å². The third-order valence-electron chi connectivity index (χ3n) is 4.71. The summed E-state index contributed by atoms with van der Waals surface area (Å²) in [5, 5.41) is 0. The van der Waals surface area contributed by atoms with E-state index in [1.165, 1.54) is 5.56 Å². The zero-order chi connectivity index (χ0) is 13.3. The lowest BCUT2D eigenvalue weighted by molar-refractivity contribution is -0.127. The summed E-state index contributed by atoms with van der Waals surface area (Å²) in [5.41, 5.74) is 1.46. The molecule has 3 heteroatoms. The Labute approximate surface area is 113 Å². The van der Waals surface area contributed by atoms with E-state index in [1.54, 1.807) is 7.11 Å². The molecule has 0 aromatic heterocycles. The number of benzene rings is 1. The molecule has 0 atom stereocenters. The molecule has 3 rings (SSSR count). The number of Topliss-reactive ketones (excluding diaryl/α,β-unsaturated/α-hetero) is 1. The highest BCUT2D eigenvalue weighted by molar-refractivity contribution is 5.79. The van der Waals surface area contributed by atoms with E-state index < -0.39 is 0 Å². The molecule has 0 unspecified atom stereocenters. The van der Waals surface area contributed by atoms with Gasteiger partial charge in [0.25, 0.3) is 0 Å². The van der Waals surface area contributed by atoms with Crippen molar-refractivity contribution in [2.75, 3.05) is 20.3 Å². The van der Waals surface area contributed by atoms with Gasteiger partial charge in [0.15, 0.2) is 0 Å². The minimum atomic E-state index is 0.132. The second kappa shape index (κ2) is 4.97. The van der Waals surface area contributed by atoms with Gasteiger partial charge >= 0.3 is 0 Å². The number of methoxy groups -OCH3 is 1. The Hall–Kier alpha value is -1.35. The van der Waals surface area contributed by atoms with Crippen molar-refractivity contribution in [1.82, 2.24) is 0 Å². The number of carbonyl (C=O) groups is 1. The average molecular weight is 260 g/mol. The molecule has 0 spiro atoms. The van der Waals surface area contributed by atoms with E-state index in [-0.39, 0.29) is 5.41 Å². The fourth-order valence-corrected chi connectivity index (χ4v) is 3.38. The van der Waals surface area contributed by atoms with Gasteiger partial charge in [0.1, 0.15) is 11.5 Å². The van der Waals surface area contributed by atoms with E-state index in [0.29, 0.717) is 11.7 Å². The molecule has 0 N–H and O–H groups in total. The molecule has 0 radical (unpaired) electrons. The summed E-state index contributed by atoms with van der Waals surface area (Å²) in [5.74, 6) is 1.88. The number of ether oxygens (including phenoxy) is 2. The standard InChI is InChI=1S/C16H20O3/c1-18-15-8-4-13(5-9-15)16(10-19-11-16)12-2-6-14(17)7-3-12/h4-5,8-9,12H,2-3,6-7,10-11H2,1H3. The van der Waals surface area contributed by atoms with Crippen LogP contribution >= 0.6 is 0 Å². The largest absolute Gasteiger partial charge is 0.497 e. The summed E-state index contributed by atoms with van der Waals surface area (Å²) in [4.78, 5) is 11.4. The van der Waals surface area contributed by atoms with Crippen LogP contribution in [0.1, 0.15) is 31.2 Å². The molecular weight excluding hydrogens is 240 g/mol. The van der Waals surface area contributed by atoms with Gasteiger partial charge in [-0.05, 0) is 36.5 Å². The quantitative estimate of drug-likeness (QED) is 0.838. The van der Waals surface area contributed by atoms with Crippen LogP contribution in [-0.2, 0) is 14.9 Å². The number of rotatable bonds is 3. The van der Waals surface area contributed by atoms with E-state index in [4.69, 9.17) is 9.47 Å². The minimum Gasteiger partial charge on any atom is -0.497 e. The zero-order valence-electron chi connectivity index (χ0n) is 11.4. The highest BCUT2D eigenvalue weighted by Crippen LogP contribution is 2.45. The number of hydrogen-bond acceptors (Lipinski definition) is 3. The third kappa shape index (κ3) is 2.16. The first-order valence-electron chi connectivity index (χ1n) is 6.98. The second-order valence-electron chi connectivity index (χ2n) is 5.69. The first kappa shape index (κ1) is 12.7. The fraction of sp³-hybridized carbons (Fsp3) is 0.562. The van der Waals surface area contributed by atoms with E-state index >= 15 is 0 Å². The maximum absolute atomic E-state index is 11.4. The first-order chi connectivity index (χ1) is 9.24. The summed E-state index contributed by atoms with van der Waals surface area (Å²) >= 11 is 0. The molecule has 0 amide bonds. The van der Waals surface area contributed by atoms with Gasteiger partial charge in [-0.15, -0.1) is 0 Å². The van der Waals surface area contributed by atoms with Gasteiger partial charge in [0, 0.05) is 18.3 Å². The van der Waals surface area contributed by atoms with E-state index in [2.05, 4.69) is 12.1 Å². The van der Waals surface area contributed by atoms with Crippen molar-refractivity contribution < 1.29 is 14.3 Å². The lowest BCUT2D eigenvalue weighted by atomic mass is 9.63. The maximum atomic E-state index is 11.4. The lowest BCUT2D eigenvalue weighted by Gasteiger charge is -2.49. The predicted molar refractivity (Wildman–Crippen MR) is 72.5 cm³/mol. The number of carbonyl (C=O) groups excluding carboxylic acids is 1. The SMILES string of the molecule is COc1ccc(C2(C3CCC(=O)CC3)COC2)cc1. The number of ketones is 1. The molecule has 1 aliphatic carbocycles. The van der Waals surface area contributed by atoms with Crippen molar-refractivity contribution in [3.63, 3.8) is 0 Å². The molecule has 2 fully saturated rings. The van der Waals surface area contributed by atoms with Crippen LogP contribution in [0.2, 0.25) is 0 Å². The minimum absolute atomic E-state index is 0.132. The molecule has 3 nitrogen and oxygen atoms in total. The maximum Gasteiger partial charge on any atom is 0.132 e. The molecule has 1 aromatic carbocycles. The molecule has 1 aromatic rings. The van der Waals surface area contributed by atoms with Gasteiger partial charge in [-0.1, -0.05) is 12.1 Å². The Balaban J connectivity index is 1.83. The Morgan fingerprint density at radius 3 is 2.26 bits per heavy atom. The molecule has 1 aliphatic heterocycles. The van der Waals surface area contributed by atoms with Crippen LogP contribution in [0.4, 0.5) is 0 Å². The topological polar surface area (TPSA) is 35.5 Å². The lowest BCUT2D eigenvalue weighted by Crippen LogP contribution is -2.53. The van der Waals surface area contributed by atoms with Crippen LogP contribution in [0.25, 0.3) is 0 Å². The average Bonchev–Trinajstić information content (AvgIpc) is 2.40. The molecule has 19 heavy (non-hydrogen) atoms. The molecule has 102 valence electrons. The van der Waals surface area contributed by atoms with Gasteiger partial charge < -0.3 is 9.47 Å². The van der Waals surface area contributed by atoms with Gasteiger partial charge in [-0.25, -0.2) is 0 Å². The van der Waals surface area contributed by atoms with Crippen molar-refractivity contribution >= 4 is 5.78 Å². The van der Waals surface area contributed by atoms with Crippen LogP contribution in [0.5, 0.6) is 5.75 Å². The van der Waals surface area contributed by atoms with Gasteiger partial charge in [0.2, 0.25) is 0 Å². The van der Waals surface area contributed by atoms with Crippen LogP contribution < -0.4 is 4.74 Å². The van der Waals surface area contributed by atoms with Crippen molar-refractivity contribution in [2.45, 2.75) is 31.1 Å². The van der Waals surface area contributed by atoms with Crippen LogP contribution in [0.3, 0.4) is 0 Å². The molecule has 2 aliphatic rings. The third-order valence-corrected chi connectivity index (χ3v) is 4.71. The Morgan fingerprint density at radius 2 is 1.79 bits per heavy atom. The summed E-state index contributed by atoms with van der Waals surface area (Å²) < 4.78 is 10.7.